The van der Waals surface area contributed by atoms with E-state index in [1.54, 1.807) is 0 Å². The molecule has 1 fully saturated rings. The van der Waals surface area contributed by atoms with E-state index in [9.17, 15) is 22.0 Å². The van der Waals surface area contributed by atoms with Crippen molar-refractivity contribution in [1.82, 2.24) is 0 Å². The second-order valence-corrected chi connectivity index (χ2v) is 5.54. The molecule has 1 aromatic carbocycles. The number of carbonyl (C=O) groups excluding carboxylic acids is 1. The molecule has 1 aromatic rings. The predicted octanol–water partition coefficient (Wildman–Crippen LogP) is 2.26. The van der Waals surface area contributed by atoms with E-state index < -0.39 is 39.8 Å². The number of halogens is 2. The molecule has 0 radical (unpaired) electrons. The Morgan fingerprint density at radius 3 is 2.50 bits per heavy atom. The Morgan fingerprint density at radius 1 is 1.35 bits per heavy atom. The maximum absolute atomic E-state index is 13.6. The lowest BCUT2D eigenvalue weighted by Gasteiger charge is -2.28. The number of hydrogen-bond acceptors (Lipinski definition) is 4. The van der Waals surface area contributed by atoms with Crippen molar-refractivity contribution in [2.24, 2.45) is 0 Å². The number of hydrogen-bond donors (Lipinski definition) is 1. The van der Waals surface area contributed by atoms with Crippen LogP contribution in [0.3, 0.4) is 0 Å². The number of anilines is 1. The van der Waals surface area contributed by atoms with Crippen LogP contribution in [0.1, 0.15) is 19.3 Å². The van der Waals surface area contributed by atoms with E-state index in [0.717, 1.165) is 12.5 Å². The van der Waals surface area contributed by atoms with Gasteiger partial charge >= 0.3 is 16.4 Å². The average Bonchev–Trinajstić information content (AvgIpc) is 2.27. The highest BCUT2D eigenvalue weighted by Gasteiger charge is 2.34. The minimum Gasteiger partial charge on any atom is -0.445 e. The van der Waals surface area contributed by atoms with Gasteiger partial charge in [0.2, 0.25) is 0 Å². The zero-order chi connectivity index (χ0) is 14.9. The highest BCUT2D eigenvalue weighted by Crippen LogP contribution is 2.27. The molecule has 0 saturated heterocycles. The molecule has 0 heterocycles. The van der Waals surface area contributed by atoms with Gasteiger partial charge in [-0.3, -0.25) is 4.55 Å². The normalized spacial score (nSPS) is 15.6. The topological polar surface area (TPSA) is 83.9 Å². The Bertz CT molecular complexity index is 630. The first-order chi connectivity index (χ1) is 9.29. The van der Waals surface area contributed by atoms with Crippen LogP contribution in [0.25, 0.3) is 0 Å². The molecule has 20 heavy (non-hydrogen) atoms. The molecule has 1 aliphatic carbocycles. The molecule has 0 spiro atoms. The molecule has 0 unspecified atom stereocenters. The van der Waals surface area contributed by atoms with Crippen molar-refractivity contribution in [3.8, 4) is 0 Å². The molecule has 2 rings (SSSR count). The van der Waals surface area contributed by atoms with Gasteiger partial charge in [-0.1, -0.05) is 0 Å². The molecule has 0 aliphatic heterocycles. The Morgan fingerprint density at radius 2 is 2.00 bits per heavy atom. The van der Waals surface area contributed by atoms with E-state index in [-0.39, 0.29) is 4.31 Å². The summed E-state index contributed by atoms with van der Waals surface area (Å²) in [7, 11) is -5.13. The number of rotatable bonds is 3. The van der Waals surface area contributed by atoms with E-state index >= 15 is 0 Å². The molecule has 6 nitrogen and oxygen atoms in total. The van der Waals surface area contributed by atoms with Gasteiger partial charge in [0.25, 0.3) is 0 Å². The molecule has 0 atom stereocenters. The SMILES string of the molecule is O=C(OC1CCC1)N(c1cc(F)ccc1F)S(=O)(=O)O. The molecule has 0 aromatic heterocycles. The van der Waals surface area contributed by atoms with Crippen molar-refractivity contribution in [1.29, 1.82) is 0 Å². The summed E-state index contributed by atoms with van der Waals surface area (Å²) in [4.78, 5) is 11.7. The molecular formula is C11H11F2NO5S. The van der Waals surface area contributed by atoms with Gasteiger partial charge in [0.15, 0.2) is 0 Å². The van der Waals surface area contributed by atoms with E-state index in [1.807, 2.05) is 0 Å². The standard InChI is InChI=1S/C11H11F2NO5S/c12-7-4-5-9(13)10(6-7)14(20(16,17)18)11(15)19-8-2-1-3-8/h4-6,8H,1-3H2,(H,16,17,18). The Labute approximate surface area is 113 Å². The summed E-state index contributed by atoms with van der Waals surface area (Å²) in [5.41, 5.74) is -0.933. The third-order valence-corrected chi connectivity index (χ3v) is 3.65. The van der Waals surface area contributed by atoms with Crippen LogP contribution in [-0.4, -0.2) is 25.2 Å². The van der Waals surface area contributed by atoms with E-state index in [1.165, 1.54) is 0 Å². The van der Waals surface area contributed by atoms with Gasteiger partial charge in [-0.25, -0.2) is 13.6 Å². The third kappa shape index (κ3) is 3.05. The number of amides is 1. The lowest BCUT2D eigenvalue weighted by Crippen LogP contribution is -2.40. The van der Waals surface area contributed by atoms with Gasteiger partial charge in [0.05, 0.1) is 0 Å². The fraction of sp³-hybridized carbons (Fsp3) is 0.364. The average molecular weight is 307 g/mol. The van der Waals surface area contributed by atoms with Gasteiger partial charge in [-0.2, -0.15) is 8.42 Å². The predicted molar refractivity (Wildman–Crippen MR) is 64.5 cm³/mol. The number of ether oxygens (including phenoxy) is 1. The van der Waals surface area contributed by atoms with Crippen molar-refractivity contribution in [3.05, 3.63) is 29.8 Å². The van der Waals surface area contributed by atoms with E-state index in [0.29, 0.717) is 25.0 Å². The van der Waals surface area contributed by atoms with Crippen LogP contribution >= 0.6 is 0 Å². The zero-order valence-electron chi connectivity index (χ0n) is 10.1. The fourth-order valence-corrected chi connectivity index (χ4v) is 2.26. The third-order valence-electron chi connectivity index (χ3n) is 2.84. The quantitative estimate of drug-likeness (QED) is 0.866. The minimum absolute atomic E-state index is 0.302. The second-order valence-electron chi connectivity index (χ2n) is 4.27. The first kappa shape index (κ1) is 14.7. The molecular weight excluding hydrogens is 296 g/mol. The van der Waals surface area contributed by atoms with Crippen LogP contribution in [-0.2, 0) is 15.0 Å². The highest BCUT2D eigenvalue weighted by atomic mass is 32.2. The molecule has 1 saturated carbocycles. The Kier molecular flexibility index (Phi) is 3.91. The molecule has 110 valence electrons. The maximum Gasteiger partial charge on any atom is 0.430 e. The van der Waals surface area contributed by atoms with Crippen LogP contribution in [0, 0.1) is 11.6 Å². The molecule has 0 bridgehead atoms. The summed E-state index contributed by atoms with van der Waals surface area (Å²) < 4.78 is 62.6. The minimum atomic E-state index is -5.13. The van der Waals surface area contributed by atoms with Gasteiger partial charge in [-0.05, 0) is 31.4 Å². The summed E-state index contributed by atoms with van der Waals surface area (Å²) in [6.07, 6.45) is -0.0315. The van der Waals surface area contributed by atoms with Gasteiger partial charge in [0.1, 0.15) is 23.4 Å². The highest BCUT2D eigenvalue weighted by molar-refractivity contribution is 7.88. The number of nitrogens with zero attached hydrogens (tertiary/aromatic N) is 1. The molecule has 1 aliphatic rings. The first-order valence-electron chi connectivity index (χ1n) is 5.72. The summed E-state index contributed by atoms with van der Waals surface area (Å²) >= 11 is 0. The Hall–Kier alpha value is -1.74. The summed E-state index contributed by atoms with van der Waals surface area (Å²) in [5.74, 6) is -2.15. The van der Waals surface area contributed by atoms with Crippen molar-refractivity contribution in [2.75, 3.05) is 4.31 Å². The Balaban J connectivity index is 2.36. The van der Waals surface area contributed by atoms with E-state index in [2.05, 4.69) is 0 Å². The van der Waals surface area contributed by atoms with Crippen molar-refractivity contribution < 1.29 is 31.3 Å². The summed E-state index contributed by atoms with van der Waals surface area (Å²) in [6.45, 7) is 0. The molecule has 9 heteroatoms. The van der Waals surface area contributed by atoms with Crippen LogP contribution in [0.5, 0.6) is 0 Å². The van der Waals surface area contributed by atoms with Gasteiger partial charge in [0, 0.05) is 6.07 Å². The summed E-state index contributed by atoms with van der Waals surface area (Å²) in [5, 5.41) is 0. The van der Waals surface area contributed by atoms with Gasteiger partial charge in [-0.15, -0.1) is 4.31 Å². The lowest BCUT2D eigenvalue weighted by molar-refractivity contribution is 0.0596. The lowest BCUT2D eigenvalue weighted by atomic mass is 9.96. The maximum atomic E-state index is 13.6. The monoisotopic (exact) mass is 307 g/mol. The fourth-order valence-electron chi connectivity index (χ4n) is 1.64. The number of carbonyl (C=O) groups is 1. The van der Waals surface area contributed by atoms with Crippen LogP contribution in [0.2, 0.25) is 0 Å². The largest absolute Gasteiger partial charge is 0.445 e. The van der Waals surface area contributed by atoms with E-state index in [4.69, 9.17) is 9.29 Å². The van der Waals surface area contributed by atoms with Crippen molar-refractivity contribution >= 4 is 22.1 Å². The number of benzene rings is 1. The molecule has 1 amide bonds. The van der Waals surface area contributed by atoms with Crippen LogP contribution < -0.4 is 4.31 Å². The van der Waals surface area contributed by atoms with Crippen molar-refractivity contribution in [3.63, 3.8) is 0 Å². The van der Waals surface area contributed by atoms with Gasteiger partial charge < -0.3 is 4.74 Å². The first-order valence-corrected chi connectivity index (χ1v) is 7.12. The smallest absolute Gasteiger partial charge is 0.430 e. The molecule has 1 N–H and O–H groups in total. The zero-order valence-corrected chi connectivity index (χ0v) is 10.9. The van der Waals surface area contributed by atoms with Crippen LogP contribution in [0.15, 0.2) is 18.2 Å². The van der Waals surface area contributed by atoms with Crippen molar-refractivity contribution in [2.45, 2.75) is 25.4 Å². The summed E-state index contributed by atoms with van der Waals surface area (Å²) in [6, 6.07) is 1.86. The van der Waals surface area contributed by atoms with Crippen LogP contribution in [0.4, 0.5) is 19.3 Å². The second kappa shape index (κ2) is 5.33.